The Morgan fingerprint density at radius 2 is 0.400 bits per heavy atom. The summed E-state index contributed by atoms with van der Waals surface area (Å²) < 4.78 is 0. The molecule has 0 aliphatic heterocycles. The van der Waals surface area contributed by atoms with Crippen LogP contribution in [0.1, 0.15) is 55.4 Å². The molecule has 0 saturated carbocycles. The van der Waals surface area contributed by atoms with Crippen molar-refractivity contribution >= 4 is 0 Å². The van der Waals surface area contributed by atoms with E-state index in [0.717, 1.165) is 0 Å². The third-order valence-electron chi connectivity index (χ3n) is 4.83. The van der Waals surface area contributed by atoms with E-state index in [-0.39, 0.29) is 26.2 Å². The second kappa shape index (κ2) is 32.4. The maximum Gasteiger partial charge on any atom is 4.00 e. The van der Waals surface area contributed by atoms with E-state index in [1.54, 1.807) is 19.6 Å². The Kier molecular flexibility index (Phi) is 47.4. The van der Waals surface area contributed by atoms with Crippen LogP contribution in [-0.2, 0) is 26.2 Å². The molecule has 0 aliphatic rings. The zero-order valence-corrected chi connectivity index (χ0v) is 22.6. The van der Waals surface area contributed by atoms with Gasteiger partial charge in [-0.3, -0.25) is 0 Å². The zero-order chi connectivity index (χ0) is 20.0. The standard InChI is InChI=1S/4C5H13N.Zr/c4*1-4-6(3)5-2;/h4*4-5H2,1-3H3;/q;;;;+4/p+4. The van der Waals surface area contributed by atoms with Crippen molar-refractivity contribution in [1.82, 2.24) is 0 Å². The molecule has 0 fully saturated rings. The Hall–Kier alpha value is 0.723. The Balaban J connectivity index is -0.0000000702. The topological polar surface area (TPSA) is 17.8 Å². The first-order chi connectivity index (χ1) is 11.2. The first kappa shape index (κ1) is 36.6. The summed E-state index contributed by atoms with van der Waals surface area (Å²) in [5, 5.41) is 0. The van der Waals surface area contributed by atoms with Crippen LogP contribution >= 0.6 is 0 Å². The van der Waals surface area contributed by atoms with Crippen LogP contribution < -0.4 is 19.6 Å². The van der Waals surface area contributed by atoms with E-state index in [0.29, 0.717) is 0 Å². The molecule has 0 aromatic carbocycles. The van der Waals surface area contributed by atoms with E-state index < -0.39 is 0 Å². The fourth-order valence-electron chi connectivity index (χ4n) is 1.000. The van der Waals surface area contributed by atoms with E-state index in [4.69, 9.17) is 0 Å². The van der Waals surface area contributed by atoms with E-state index in [1.165, 1.54) is 52.4 Å². The van der Waals surface area contributed by atoms with Crippen molar-refractivity contribution in [2.75, 3.05) is 80.5 Å². The van der Waals surface area contributed by atoms with Crippen LogP contribution in [0, 0.1) is 0 Å². The summed E-state index contributed by atoms with van der Waals surface area (Å²) in [7, 11) is 8.78. The Bertz CT molecular complexity index is 139. The molecule has 0 unspecified atom stereocenters. The minimum absolute atomic E-state index is 0. The van der Waals surface area contributed by atoms with Gasteiger partial charge in [-0.1, -0.05) is 0 Å². The molecule has 0 saturated heterocycles. The van der Waals surface area contributed by atoms with Crippen LogP contribution in [0.5, 0.6) is 0 Å². The SMILES string of the molecule is CC[NH+](C)CC.CC[NH+](C)CC.CC[NH+](C)CC.CC[NH+](C)CC.[Zr+4]. The molecule has 4 N–H and O–H groups in total. The molecule has 0 bridgehead atoms. The minimum atomic E-state index is 0. The van der Waals surface area contributed by atoms with Gasteiger partial charge in [-0.2, -0.15) is 0 Å². The van der Waals surface area contributed by atoms with Crippen molar-refractivity contribution in [3.8, 4) is 0 Å². The molecule has 0 rings (SSSR count). The first-order valence-corrected chi connectivity index (χ1v) is 10.5. The van der Waals surface area contributed by atoms with Crippen molar-refractivity contribution in [3.63, 3.8) is 0 Å². The molecule has 0 spiro atoms. The maximum atomic E-state index is 2.19. The fraction of sp³-hybridized carbons (Fsp3) is 1.00. The normalized spacial score (nSPS) is 9.60. The molecule has 0 heterocycles. The van der Waals surface area contributed by atoms with Gasteiger partial charge in [-0.05, 0) is 55.4 Å². The van der Waals surface area contributed by atoms with Crippen LogP contribution in [0.25, 0.3) is 0 Å². The van der Waals surface area contributed by atoms with Gasteiger partial charge in [0.25, 0.3) is 0 Å². The molecule has 0 radical (unpaired) electrons. The number of rotatable bonds is 8. The monoisotopic (exact) mass is 442 g/mol. The van der Waals surface area contributed by atoms with Gasteiger partial charge in [0.1, 0.15) is 0 Å². The third kappa shape index (κ3) is 45.6. The molecule has 0 amide bonds. The minimum Gasteiger partial charge on any atom is -0.338 e. The quantitative estimate of drug-likeness (QED) is 0.338. The maximum absolute atomic E-state index is 2.19. The molecular weight excluding hydrogens is 387 g/mol. The predicted molar refractivity (Wildman–Crippen MR) is 112 cm³/mol. The molecule has 152 valence electrons. The van der Waals surface area contributed by atoms with Crippen LogP contribution in [0.4, 0.5) is 0 Å². The van der Waals surface area contributed by atoms with Crippen molar-refractivity contribution in [3.05, 3.63) is 0 Å². The van der Waals surface area contributed by atoms with Crippen LogP contribution in [0.15, 0.2) is 0 Å². The van der Waals surface area contributed by atoms with E-state index >= 15 is 0 Å². The number of hydrogen-bond acceptors (Lipinski definition) is 0. The summed E-state index contributed by atoms with van der Waals surface area (Å²) in [6.07, 6.45) is 0. The molecular formula is C20H56N4Zr+8. The summed E-state index contributed by atoms with van der Waals surface area (Å²) in [5.41, 5.74) is 0. The number of quaternary nitrogens is 4. The Labute approximate surface area is 181 Å². The second-order valence-electron chi connectivity index (χ2n) is 6.66. The van der Waals surface area contributed by atoms with Crippen molar-refractivity contribution in [1.29, 1.82) is 0 Å². The average Bonchev–Trinajstić information content (AvgIpc) is 2.66. The van der Waals surface area contributed by atoms with Crippen molar-refractivity contribution in [2.45, 2.75) is 55.4 Å². The van der Waals surface area contributed by atoms with E-state index in [2.05, 4.69) is 83.6 Å². The van der Waals surface area contributed by atoms with Gasteiger partial charge in [-0.15, -0.1) is 0 Å². The molecule has 4 nitrogen and oxygen atoms in total. The summed E-state index contributed by atoms with van der Waals surface area (Å²) in [6, 6.07) is 0. The van der Waals surface area contributed by atoms with Crippen LogP contribution in [0.3, 0.4) is 0 Å². The van der Waals surface area contributed by atoms with Gasteiger partial charge in [0.05, 0.1) is 80.5 Å². The third-order valence-corrected chi connectivity index (χ3v) is 4.83. The van der Waals surface area contributed by atoms with Gasteiger partial charge in [0.2, 0.25) is 0 Å². The second-order valence-corrected chi connectivity index (χ2v) is 6.66. The molecule has 0 atom stereocenters. The number of nitrogens with one attached hydrogen (secondary N) is 4. The molecule has 25 heavy (non-hydrogen) atoms. The average molecular weight is 444 g/mol. The molecule has 0 aliphatic carbocycles. The van der Waals surface area contributed by atoms with E-state index in [9.17, 15) is 0 Å². The Morgan fingerprint density at radius 3 is 0.400 bits per heavy atom. The fourth-order valence-corrected chi connectivity index (χ4v) is 1.000. The summed E-state index contributed by atoms with van der Waals surface area (Å²) >= 11 is 0. The largest absolute Gasteiger partial charge is 4.00 e. The summed E-state index contributed by atoms with van der Waals surface area (Å²) in [5.74, 6) is 0. The van der Waals surface area contributed by atoms with Gasteiger partial charge < -0.3 is 19.6 Å². The predicted octanol–water partition coefficient (Wildman–Crippen LogP) is -1.84. The molecule has 0 aromatic heterocycles. The zero-order valence-electron chi connectivity index (χ0n) is 20.2. The number of hydrogen-bond donors (Lipinski definition) is 4. The Morgan fingerprint density at radius 1 is 0.320 bits per heavy atom. The van der Waals surface area contributed by atoms with Gasteiger partial charge in [-0.25, -0.2) is 0 Å². The smallest absolute Gasteiger partial charge is 0.338 e. The van der Waals surface area contributed by atoms with Crippen LogP contribution in [-0.4, -0.2) is 80.5 Å². The van der Waals surface area contributed by atoms with Gasteiger partial charge in [0, 0.05) is 0 Å². The first-order valence-electron chi connectivity index (χ1n) is 10.5. The van der Waals surface area contributed by atoms with Gasteiger partial charge in [0.15, 0.2) is 0 Å². The van der Waals surface area contributed by atoms with Gasteiger partial charge >= 0.3 is 26.2 Å². The summed E-state index contributed by atoms with van der Waals surface area (Å²) in [6.45, 7) is 27.5. The van der Waals surface area contributed by atoms with E-state index in [1.807, 2.05) is 0 Å². The van der Waals surface area contributed by atoms with Crippen LogP contribution in [0.2, 0.25) is 0 Å². The summed E-state index contributed by atoms with van der Waals surface area (Å²) in [4.78, 5) is 6.37. The van der Waals surface area contributed by atoms with Crippen molar-refractivity contribution in [2.24, 2.45) is 0 Å². The molecule has 0 aromatic rings. The van der Waals surface area contributed by atoms with Crippen molar-refractivity contribution < 1.29 is 45.8 Å². The molecule has 5 heteroatoms.